The molecule has 0 spiro atoms. The monoisotopic (exact) mass is 298 g/mol. The van der Waals surface area contributed by atoms with Crippen molar-refractivity contribution in [2.75, 3.05) is 26.7 Å². The minimum atomic E-state index is -0.941. The van der Waals surface area contributed by atoms with E-state index in [1.165, 1.54) is 0 Å². The minimum absolute atomic E-state index is 0.0398. The number of carboxylic acids is 1. The van der Waals surface area contributed by atoms with Crippen LogP contribution in [0.25, 0.3) is 0 Å². The van der Waals surface area contributed by atoms with Crippen molar-refractivity contribution in [1.29, 1.82) is 0 Å². The predicted molar refractivity (Wildman–Crippen MR) is 78.1 cm³/mol. The van der Waals surface area contributed by atoms with Gasteiger partial charge in [0.2, 0.25) is 0 Å². The van der Waals surface area contributed by atoms with Crippen molar-refractivity contribution in [2.45, 2.75) is 51.2 Å². The lowest BCUT2D eigenvalue weighted by molar-refractivity contribution is -0.138. The summed E-state index contributed by atoms with van der Waals surface area (Å²) in [6.45, 7) is 3.16. The normalized spacial score (nSPS) is 26.9. The Bertz CT molecular complexity index is 382. The van der Waals surface area contributed by atoms with Gasteiger partial charge in [0.1, 0.15) is 6.54 Å². The fourth-order valence-electron chi connectivity index (χ4n) is 3.41. The summed E-state index contributed by atoms with van der Waals surface area (Å²) < 4.78 is 5.44. The zero-order chi connectivity index (χ0) is 15.4. The van der Waals surface area contributed by atoms with E-state index < -0.39 is 5.97 Å². The van der Waals surface area contributed by atoms with Gasteiger partial charge in [0.15, 0.2) is 0 Å². The number of urea groups is 1. The second kappa shape index (κ2) is 7.11. The number of ether oxygens (including phenoxy) is 1. The second-order valence-corrected chi connectivity index (χ2v) is 6.23. The van der Waals surface area contributed by atoms with Crippen LogP contribution in [-0.4, -0.2) is 65.8 Å². The maximum Gasteiger partial charge on any atom is 0.323 e. The molecule has 6 nitrogen and oxygen atoms in total. The van der Waals surface area contributed by atoms with E-state index in [1.54, 1.807) is 16.9 Å². The molecule has 0 bridgehead atoms. The van der Waals surface area contributed by atoms with Gasteiger partial charge >= 0.3 is 12.0 Å². The summed E-state index contributed by atoms with van der Waals surface area (Å²) in [6.07, 6.45) is 4.92. The molecule has 2 amide bonds. The lowest BCUT2D eigenvalue weighted by atomic mass is 9.96. The molecule has 21 heavy (non-hydrogen) atoms. The van der Waals surface area contributed by atoms with E-state index in [0.29, 0.717) is 19.0 Å². The first-order valence-corrected chi connectivity index (χ1v) is 7.83. The fraction of sp³-hybridized carbons (Fsp3) is 0.867. The largest absolute Gasteiger partial charge is 0.480 e. The summed E-state index contributed by atoms with van der Waals surface area (Å²) in [5.74, 6) is -0.512. The molecule has 1 N–H and O–H groups in total. The number of aliphatic carboxylic acids is 1. The van der Waals surface area contributed by atoms with E-state index in [4.69, 9.17) is 9.84 Å². The number of carbonyl (C=O) groups is 2. The van der Waals surface area contributed by atoms with E-state index >= 15 is 0 Å². The van der Waals surface area contributed by atoms with Crippen LogP contribution in [0.2, 0.25) is 0 Å². The van der Waals surface area contributed by atoms with E-state index in [1.807, 2.05) is 0 Å². The first-order valence-electron chi connectivity index (χ1n) is 7.83. The number of nitrogens with zero attached hydrogens (tertiary/aromatic N) is 2. The third kappa shape index (κ3) is 3.87. The highest BCUT2D eigenvalue weighted by Crippen LogP contribution is 2.26. The summed E-state index contributed by atoms with van der Waals surface area (Å²) in [6, 6.07) is -0.0628. The Hall–Kier alpha value is -1.30. The molecule has 6 heteroatoms. The molecular weight excluding hydrogens is 272 g/mol. The molecule has 0 aromatic heterocycles. The molecule has 120 valence electrons. The molecule has 1 aliphatic heterocycles. The van der Waals surface area contributed by atoms with E-state index in [2.05, 4.69) is 6.92 Å². The van der Waals surface area contributed by atoms with E-state index in [9.17, 15) is 9.59 Å². The van der Waals surface area contributed by atoms with Gasteiger partial charge in [-0.1, -0.05) is 19.8 Å². The van der Waals surface area contributed by atoms with Gasteiger partial charge in [0, 0.05) is 26.2 Å². The molecule has 0 aromatic carbocycles. The summed E-state index contributed by atoms with van der Waals surface area (Å²) >= 11 is 0. The van der Waals surface area contributed by atoms with Gasteiger partial charge in [0.05, 0.1) is 6.10 Å². The number of hydrogen-bond donors (Lipinski definition) is 1. The van der Waals surface area contributed by atoms with Crippen molar-refractivity contribution < 1.29 is 19.4 Å². The predicted octanol–water partition coefficient (Wildman–Crippen LogP) is 1.79. The summed E-state index contributed by atoms with van der Waals surface area (Å²) in [5.41, 5.74) is 0. The highest BCUT2D eigenvalue weighted by Gasteiger charge is 2.35. The maximum absolute atomic E-state index is 12.7. The van der Waals surface area contributed by atoms with Gasteiger partial charge in [0.25, 0.3) is 0 Å². The molecule has 2 atom stereocenters. The first-order chi connectivity index (χ1) is 10.0. The Kier molecular flexibility index (Phi) is 5.45. The molecule has 1 aliphatic carbocycles. The Balaban J connectivity index is 2.04. The molecule has 2 rings (SSSR count). The molecule has 1 heterocycles. The van der Waals surface area contributed by atoms with Crippen LogP contribution in [-0.2, 0) is 9.53 Å². The van der Waals surface area contributed by atoms with Gasteiger partial charge in [-0.25, -0.2) is 4.79 Å². The van der Waals surface area contributed by atoms with Crippen molar-refractivity contribution in [1.82, 2.24) is 9.80 Å². The molecule has 1 saturated carbocycles. The molecule has 0 radical (unpaired) electrons. The van der Waals surface area contributed by atoms with Gasteiger partial charge < -0.3 is 19.6 Å². The van der Waals surface area contributed by atoms with Gasteiger partial charge in [-0.05, 0) is 25.2 Å². The van der Waals surface area contributed by atoms with E-state index in [0.717, 1.165) is 32.1 Å². The molecule has 2 aliphatic rings. The SMILES string of the molecule is COC1CN(C(=O)N(CC(=O)O)C2CCCC2)CCC1C. The van der Waals surface area contributed by atoms with Crippen LogP contribution < -0.4 is 0 Å². The zero-order valence-corrected chi connectivity index (χ0v) is 13.0. The van der Waals surface area contributed by atoms with Crippen LogP contribution in [0.3, 0.4) is 0 Å². The molecule has 1 saturated heterocycles. The van der Waals surface area contributed by atoms with Gasteiger partial charge in [-0.2, -0.15) is 0 Å². The number of piperidine rings is 1. The smallest absolute Gasteiger partial charge is 0.323 e. The Labute approximate surface area is 126 Å². The molecular formula is C15H26N2O4. The van der Waals surface area contributed by atoms with Crippen molar-refractivity contribution in [3.8, 4) is 0 Å². The van der Waals surface area contributed by atoms with Crippen LogP contribution in [0.5, 0.6) is 0 Å². The minimum Gasteiger partial charge on any atom is -0.480 e. The lowest BCUT2D eigenvalue weighted by Crippen LogP contribution is -2.54. The van der Waals surface area contributed by atoms with Crippen molar-refractivity contribution in [3.63, 3.8) is 0 Å². The number of rotatable bonds is 4. The maximum atomic E-state index is 12.7. The average Bonchev–Trinajstić information content (AvgIpc) is 2.98. The lowest BCUT2D eigenvalue weighted by Gasteiger charge is -2.40. The number of hydrogen-bond acceptors (Lipinski definition) is 3. The standard InChI is InChI=1S/C15H26N2O4/c1-11-7-8-16(9-13(11)21-2)15(20)17(10-14(18)19)12-5-3-4-6-12/h11-13H,3-10H2,1-2H3,(H,18,19). The van der Waals surface area contributed by atoms with E-state index in [-0.39, 0.29) is 24.7 Å². The van der Waals surface area contributed by atoms with Crippen LogP contribution in [0, 0.1) is 5.92 Å². The fourth-order valence-corrected chi connectivity index (χ4v) is 3.41. The third-order valence-electron chi connectivity index (χ3n) is 4.78. The Morgan fingerprint density at radius 3 is 2.52 bits per heavy atom. The van der Waals surface area contributed by atoms with Crippen molar-refractivity contribution >= 4 is 12.0 Å². The number of carboxylic acid groups (broad SMARTS) is 1. The first kappa shape index (κ1) is 16.1. The third-order valence-corrected chi connectivity index (χ3v) is 4.78. The summed E-state index contributed by atoms with van der Waals surface area (Å²) in [7, 11) is 1.67. The van der Waals surface area contributed by atoms with Gasteiger partial charge in [-0.15, -0.1) is 0 Å². The Morgan fingerprint density at radius 2 is 1.95 bits per heavy atom. The second-order valence-electron chi connectivity index (χ2n) is 6.23. The average molecular weight is 298 g/mol. The number of amides is 2. The number of methoxy groups -OCH3 is 1. The van der Waals surface area contributed by atoms with Crippen molar-refractivity contribution in [3.05, 3.63) is 0 Å². The summed E-state index contributed by atoms with van der Waals surface area (Å²) in [4.78, 5) is 27.1. The van der Waals surface area contributed by atoms with Crippen LogP contribution in [0.1, 0.15) is 39.0 Å². The quantitative estimate of drug-likeness (QED) is 0.859. The zero-order valence-electron chi connectivity index (χ0n) is 13.0. The van der Waals surface area contributed by atoms with Crippen LogP contribution >= 0.6 is 0 Å². The van der Waals surface area contributed by atoms with Gasteiger partial charge in [-0.3, -0.25) is 4.79 Å². The van der Waals surface area contributed by atoms with Crippen LogP contribution in [0.15, 0.2) is 0 Å². The highest BCUT2D eigenvalue weighted by atomic mass is 16.5. The number of carbonyl (C=O) groups excluding carboxylic acids is 1. The topological polar surface area (TPSA) is 70.1 Å². The molecule has 2 unspecified atom stereocenters. The van der Waals surface area contributed by atoms with Crippen molar-refractivity contribution in [2.24, 2.45) is 5.92 Å². The molecule has 2 fully saturated rings. The number of likely N-dealkylation sites (tertiary alicyclic amines) is 1. The van der Waals surface area contributed by atoms with Crippen LogP contribution in [0.4, 0.5) is 4.79 Å². The highest BCUT2D eigenvalue weighted by molar-refractivity contribution is 5.80. The molecule has 0 aromatic rings. The summed E-state index contributed by atoms with van der Waals surface area (Å²) in [5, 5.41) is 9.09. The Morgan fingerprint density at radius 1 is 1.29 bits per heavy atom.